The van der Waals surface area contributed by atoms with E-state index < -0.39 is 0 Å². The van der Waals surface area contributed by atoms with E-state index in [0.717, 1.165) is 12.3 Å². The van der Waals surface area contributed by atoms with Crippen molar-refractivity contribution in [2.75, 3.05) is 0 Å². The summed E-state index contributed by atoms with van der Waals surface area (Å²) in [5.74, 6) is 0.771. The molecule has 0 nitrogen and oxygen atoms in total. The first kappa shape index (κ1) is 15.3. The summed E-state index contributed by atoms with van der Waals surface area (Å²) in [6.07, 6.45) is 3.48. The molecule has 1 atom stereocenters. The first-order valence-electron chi connectivity index (χ1n) is 7.42. The highest BCUT2D eigenvalue weighted by Crippen LogP contribution is 2.29. The Labute approximate surface area is 131 Å². The Hall–Kier alpha value is -1.08. The van der Waals surface area contributed by atoms with Gasteiger partial charge in [0.1, 0.15) is 0 Å². The number of rotatable bonds is 6. The van der Waals surface area contributed by atoms with Crippen LogP contribution in [0, 0.1) is 5.92 Å². The highest BCUT2D eigenvalue weighted by Gasteiger charge is 2.08. The van der Waals surface area contributed by atoms with Gasteiger partial charge in [0.05, 0.1) is 0 Å². The molecular formula is C19H23Br. The molecule has 0 saturated heterocycles. The van der Waals surface area contributed by atoms with Crippen LogP contribution in [0.25, 0.3) is 0 Å². The van der Waals surface area contributed by atoms with Gasteiger partial charge in [0, 0.05) is 4.83 Å². The van der Waals surface area contributed by atoms with Crippen molar-refractivity contribution in [3.05, 3.63) is 71.3 Å². The second kappa shape index (κ2) is 7.64. The normalized spacial score (nSPS) is 12.6. The maximum atomic E-state index is 3.81. The van der Waals surface area contributed by atoms with Gasteiger partial charge >= 0.3 is 0 Å². The molecule has 1 heteroatoms. The molecule has 0 bridgehead atoms. The summed E-state index contributed by atoms with van der Waals surface area (Å²) in [6.45, 7) is 4.56. The third kappa shape index (κ3) is 4.79. The lowest BCUT2D eigenvalue weighted by atomic mass is 9.99. The summed E-state index contributed by atoms with van der Waals surface area (Å²) in [7, 11) is 0. The Morgan fingerprint density at radius 3 is 2.00 bits per heavy atom. The zero-order valence-corrected chi connectivity index (χ0v) is 13.9. The second-order valence-electron chi connectivity index (χ2n) is 5.84. The molecule has 0 radical (unpaired) electrons. The number of hydrogen-bond donors (Lipinski definition) is 0. The van der Waals surface area contributed by atoms with Gasteiger partial charge in [0.25, 0.3) is 0 Å². The molecule has 0 amide bonds. The minimum Gasteiger partial charge on any atom is -0.0839 e. The average Bonchev–Trinajstić information content (AvgIpc) is 2.46. The lowest BCUT2D eigenvalue weighted by Crippen LogP contribution is -1.95. The predicted octanol–water partition coefficient (Wildman–Crippen LogP) is 6.15. The van der Waals surface area contributed by atoms with Gasteiger partial charge in [-0.1, -0.05) is 84.4 Å². The number of benzene rings is 2. The van der Waals surface area contributed by atoms with E-state index in [0.29, 0.717) is 4.83 Å². The molecule has 0 aliphatic carbocycles. The third-order valence-electron chi connectivity index (χ3n) is 3.59. The van der Waals surface area contributed by atoms with Gasteiger partial charge in [-0.05, 0) is 41.9 Å². The molecule has 0 fully saturated rings. The molecule has 2 rings (SSSR count). The van der Waals surface area contributed by atoms with Crippen LogP contribution in [0.5, 0.6) is 0 Å². The van der Waals surface area contributed by atoms with E-state index in [1.807, 2.05) is 0 Å². The fraction of sp³-hybridized carbons (Fsp3) is 0.368. The Bertz CT molecular complexity index is 499. The fourth-order valence-electron chi connectivity index (χ4n) is 2.32. The Balaban J connectivity index is 1.96. The zero-order valence-electron chi connectivity index (χ0n) is 12.4. The summed E-state index contributed by atoms with van der Waals surface area (Å²) >= 11 is 3.81. The Kier molecular flexibility index (Phi) is 5.85. The summed E-state index contributed by atoms with van der Waals surface area (Å²) in [6, 6.07) is 19.7. The summed E-state index contributed by atoms with van der Waals surface area (Å²) in [5, 5.41) is 0. The minimum atomic E-state index is 0.482. The van der Waals surface area contributed by atoms with E-state index >= 15 is 0 Å². The van der Waals surface area contributed by atoms with Crippen molar-refractivity contribution in [3.8, 4) is 0 Å². The van der Waals surface area contributed by atoms with E-state index in [1.165, 1.54) is 29.5 Å². The van der Waals surface area contributed by atoms with Gasteiger partial charge in [-0.15, -0.1) is 0 Å². The smallest absolute Gasteiger partial charge is 0.0395 e. The Morgan fingerprint density at radius 2 is 1.40 bits per heavy atom. The van der Waals surface area contributed by atoms with Gasteiger partial charge in [0.15, 0.2) is 0 Å². The maximum Gasteiger partial charge on any atom is 0.0395 e. The van der Waals surface area contributed by atoms with Crippen LogP contribution < -0.4 is 0 Å². The largest absolute Gasteiger partial charge is 0.0839 e. The van der Waals surface area contributed by atoms with Crippen LogP contribution in [0.2, 0.25) is 0 Å². The van der Waals surface area contributed by atoms with Gasteiger partial charge in [0.2, 0.25) is 0 Å². The number of halogens is 1. The van der Waals surface area contributed by atoms with Crippen LogP contribution in [0.4, 0.5) is 0 Å². The molecule has 106 valence electrons. The van der Waals surface area contributed by atoms with Crippen LogP contribution in [-0.4, -0.2) is 0 Å². The van der Waals surface area contributed by atoms with Gasteiger partial charge in [-0.3, -0.25) is 0 Å². The molecule has 20 heavy (non-hydrogen) atoms. The second-order valence-corrected chi connectivity index (χ2v) is 6.95. The van der Waals surface area contributed by atoms with E-state index in [2.05, 4.69) is 84.4 Å². The quantitative estimate of drug-likeness (QED) is 0.557. The molecule has 0 aliphatic heterocycles. The topological polar surface area (TPSA) is 0 Å². The van der Waals surface area contributed by atoms with Crippen molar-refractivity contribution in [1.29, 1.82) is 0 Å². The van der Waals surface area contributed by atoms with E-state index in [-0.39, 0.29) is 0 Å². The Morgan fingerprint density at radius 1 is 0.800 bits per heavy atom. The van der Waals surface area contributed by atoms with Crippen molar-refractivity contribution in [2.45, 2.75) is 37.9 Å². The van der Waals surface area contributed by atoms with Crippen LogP contribution in [-0.2, 0) is 6.42 Å². The highest BCUT2D eigenvalue weighted by atomic mass is 79.9. The summed E-state index contributed by atoms with van der Waals surface area (Å²) < 4.78 is 0. The number of hydrogen-bond acceptors (Lipinski definition) is 0. The van der Waals surface area contributed by atoms with Crippen LogP contribution >= 0.6 is 15.9 Å². The standard InChI is InChI=1S/C19H23Br/c1-15(2)8-13-19(20)18-11-9-17(10-12-18)14-16-6-4-3-5-7-16/h3-7,9-12,15,19H,8,13-14H2,1-2H3. The zero-order chi connectivity index (χ0) is 14.4. The molecule has 0 saturated carbocycles. The minimum absolute atomic E-state index is 0.482. The molecule has 2 aromatic rings. The highest BCUT2D eigenvalue weighted by molar-refractivity contribution is 9.09. The van der Waals surface area contributed by atoms with Gasteiger partial charge < -0.3 is 0 Å². The molecule has 0 N–H and O–H groups in total. The van der Waals surface area contributed by atoms with E-state index in [1.54, 1.807) is 0 Å². The molecular weight excluding hydrogens is 308 g/mol. The molecule has 0 aromatic heterocycles. The summed E-state index contributed by atoms with van der Waals surface area (Å²) in [5.41, 5.74) is 4.14. The molecule has 0 heterocycles. The fourth-order valence-corrected chi connectivity index (χ4v) is 2.89. The summed E-state index contributed by atoms with van der Waals surface area (Å²) in [4.78, 5) is 0.482. The average molecular weight is 331 g/mol. The third-order valence-corrected chi connectivity index (χ3v) is 4.58. The van der Waals surface area contributed by atoms with Crippen LogP contribution in [0.1, 0.15) is 48.2 Å². The van der Waals surface area contributed by atoms with E-state index in [9.17, 15) is 0 Å². The molecule has 0 spiro atoms. The van der Waals surface area contributed by atoms with Crippen molar-refractivity contribution in [2.24, 2.45) is 5.92 Å². The van der Waals surface area contributed by atoms with Crippen molar-refractivity contribution >= 4 is 15.9 Å². The predicted molar refractivity (Wildman–Crippen MR) is 91.4 cm³/mol. The lowest BCUT2D eigenvalue weighted by molar-refractivity contribution is 0.554. The maximum absolute atomic E-state index is 3.81. The monoisotopic (exact) mass is 330 g/mol. The molecule has 1 unspecified atom stereocenters. The first-order chi connectivity index (χ1) is 9.65. The van der Waals surface area contributed by atoms with E-state index in [4.69, 9.17) is 0 Å². The lowest BCUT2D eigenvalue weighted by Gasteiger charge is -2.12. The molecule has 2 aromatic carbocycles. The van der Waals surface area contributed by atoms with Crippen LogP contribution in [0.15, 0.2) is 54.6 Å². The molecule has 0 aliphatic rings. The van der Waals surface area contributed by atoms with Crippen LogP contribution in [0.3, 0.4) is 0 Å². The number of alkyl halides is 1. The first-order valence-corrected chi connectivity index (χ1v) is 8.33. The van der Waals surface area contributed by atoms with Crippen molar-refractivity contribution < 1.29 is 0 Å². The van der Waals surface area contributed by atoms with Crippen molar-refractivity contribution in [3.63, 3.8) is 0 Å². The van der Waals surface area contributed by atoms with Gasteiger partial charge in [-0.25, -0.2) is 0 Å². The van der Waals surface area contributed by atoms with Crippen molar-refractivity contribution in [1.82, 2.24) is 0 Å². The SMILES string of the molecule is CC(C)CCC(Br)c1ccc(Cc2ccccc2)cc1. The van der Waals surface area contributed by atoms with Gasteiger partial charge in [-0.2, -0.15) is 0 Å².